The average molecular weight is 265 g/mol. The minimum atomic E-state index is 0.164. The molecule has 0 aliphatic rings. The lowest BCUT2D eigenvalue weighted by atomic mass is 9.72. The van der Waals surface area contributed by atoms with Gasteiger partial charge in [-0.2, -0.15) is 0 Å². The van der Waals surface area contributed by atoms with Crippen molar-refractivity contribution >= 4 is 0 Å². The molecule has 0 heterocycles. The van der Waals surface area contributed by atoms with Gasteiger partial charge in [0, 0.05) is 0 Å². The molecule has 0 aromatic heterocycles. The van der Waals surface area contributed by atoms with Crippen LogP contribution in [0.1, 0.15) is 46.6 Å². The van der Waals surface area contributed by atoms with E-state index in [1.807, 2.05) is 12.1 Å². The molecule has 2 N–H and O–H groups in total. The maximum absolute atomic E-state index is 5.51. The van der Waals surface area contributed by atoms with Crippen molar-refractivity contribution < 1.29 is 9.57 Å². The lowest BCUT2D eigenvalue weighted by Gasteiger charge is -2.33. The average Bonchev–Trinajstić information content (AvgIpc) is 2.27. The van der Waals surface area contributed by atoms with Gasteiger partial charge >= 0.3 is 0 Å². The van der Waals surface area contributed by atoms with Crippen molar-refractivity contribution in [2.75, 3.05) is 13.2 Å². The summed E-state index contributed by atoms with van der Waals surface area (Å²) < 4.78 is 5.51. The van der Waals surface area contributed by atoms with Crippen LogP contribution in [-0.4, -0.2) is 13.2 Å². The van der Waals surface area contributed by atoms with Gasteiger partial charge in [-0.05, 0) is 34.9 Å². The zero-order valence-corrected chi connectivity index (χ0v) is 12.8. The van der Waals surface area contributed by atoms with E-state index < -0.39 is 0 Å². The first-order valence-electron chi connectivity index (χ1n) is 6.80. The Balaban J connectivity index is 2.69. The highest BCUT2D eigenvalue weighted by molar-refractivity contribution is 5.31. The normalized spacial score (nSPS) is 12.5. The minimum absolute atomic E-state index is 0.164. The van der Waals surface area contributed by atoms with Gasteiger partial charge in [0.2, 0.25) is 0 Å². The van der Waals surface area contributed by atoms with Crippen LogP contribution < -0.4 is 10.6 Å². The van der Waals surface area contributed by atoms with Gasteiger partial charge in [-0.25, -0.2) is 5.90 Å². The number of hydrogen-bond acceptors (Lipinski definition) is 3. The molecule has 0 aliphatic heterocycles. The minimum Gasteiger partial charge on any atom is -0.491 e. The number of benzene rings is 1. The van der Waals surface area contributed by atoms with Crippen LogP contribution in [0, 0.1) is 5.41 Å². The number of ether oxygens (including phenoxy) is 1. The molecule has 3 heteroatoms. The fourth-order valence-electron chi connectivity index (χ4n) is 2.64. The predicted octanol–water partition coefficient (Wildman–Crippen LogP) is 3.67. The lowest BCUT2D eigenvalue weighted by Crippen LogP contribution is -2.24. The Bertz CT molecular complexity index is 377. The Labute approximate surface area is 117 Å². The SMILES string of the molecule is CC(C)(C)CC(C)(C)c1ccc(OCCON)cc1. The Hall–Kier alpha value is -1.06. The van der Waals surface area contributed by atoms with Gasteiger partial charge in [-0.1, -0.05) is 46.8 Å². The molecule has 0 amide bonds. The second-order valence-electron chi connectivity index (χ2n) is 6.86. The summed E-state index contributed by atoms with van der Waals surface area (Å²) in [5, 5.41) is 0. The summed E-state index contributed by atoms with van der Waals surface area (Å²) in [6, 6.07) is 8.31. The van der Waals surface area contributed by atoms with Crippen LogP contribution in [0.15, 0.2) is 24.3 Å². The molecular formula is C16H27NO2. The summed E-state index contributed by atoms with van der Waals surface area (Å²) in [4.78, 5) is 4.47. The van der Waals surface area contributed by atoms with Crippen LogP contribution in [0.4, 0.5) is 0 Å². The highest BCUT2D eigenvalue weighted by atomic mass is 16.6. The zero-order chi connectivity index (χ0) is 14.5. The van der Waals surface area contributed by atoms with Gasteiger partial charge in [-0.15, -0.1) is 0 Å². The first-order valence-corrected chi connectivity index (χ1v) is 6.80. The van der Waals surface area contributed by atoms with Gasteiger partial charge in [0.05, 0.1) is 0 Å². The molecule has 108 valence electrons. The third-order valence-corrected chi connectivity index (χ3v) is 3.08. The van der Waals surface area contributed by atoms with Gasteiger partial charge in [-0.3, -0.25) is 0 Å². The van der Waals surface area contributed by atoms with Crippen molar-refractivity contribution in [2.24, 2.45) is 11.3 Å². The summed E-state index contributed by atoms with van der Waals surface area (Å²) >= 11 is 0. The molecule has 1 aromatic carbocycles. The first-order chi connectivity index (χ1) is 8.74. The third-order valence-electron chi connectivity index (χ3n) is 3.08. The predicted molar refractivity (Wildman–Crippen MR) is 79.2 cm³/mol. The topological polar surface area (TPSA) is 44.5 Å². The molecule has 0 atom stereocenters. The van der Waals surface area contributed by atoms with E-state index in [9.17, 15) is 0 Å². The molecule has 0 unspecified atom stereocenters. The van der Waals surface area contributed by atoms with Gasteiger partial charge < -0.3 is 9.57 Å². The van der Waals surface area contributed by atoms with E-state index in [4.69, 9.17) is 10.6 Å². The van der Waals surface area contributed by atoms with Gasteiger partial charge in [0.1, 0.15) is 19.0 Å². The second-order valence-corrected chi connectivity index (χ2v) is 6.86. The fraction of sp³-hybridized carbons (Fsp3) is 0.625. The number of nitrogens with two attached hydrogens (primary N) is 1. The molecule has 3 nitrogen and oxygen atoms in total. The zero-order valence-electron chi connectivity index (χ0n) is 12.8. The summed E-state index contributed by atoms with van der Waals surface area (Å²) in [6.45, 7) is 12.3. The van der Waals surface area contributed by atoms with Crippen molar-refractivity contribution in [3.63, 3.8) is 0 Å². The molecule has 0 saturated carbocycles. The van der Waals surface area contributed by atoms with Crippen molar-refractivity contribution in [3.8, 4) is 5.75 Å². The number of hydrogen-bond donors (Lipinski definition) is 1. The molecule has 1 rings (SSSR count). The molecular weight excluding hydrogens is 238 g/mol. The van der Waals surface area contributed by atoms with Crippen molar-refractivity contribution in [2.45, 2.75) is 46.5 Å². The van der Waals surface area contributed by atoms with E-state index in [1.165, 1.54) is 5.56 Å². The molecule has 0 radical (unpaired) electrons. The molecule has 19 heavy (non-hydrogen) atoms. The highest BCUT2D eigenvalue weighted by Crippen LogP contribution is 2.36. The van der Waals surface area contributed by atoms with E-state index in [1.54, 1.807) is 0 Å². The molecule has 1 aromatic rings. The number of rotatable bonds is 6. The van der Waals surface area contributed by atoms with Crippen LogP contribution in [0.5, 0.6) is 5.75 Å². The Morgan fingerprint density at radius 1 is 0.947 bits per heavy atom. The van der Waals surface area contributed by atoms with Crippen LogP contribution in [0.2, 0.25) is 0 Å². The Morgan fingerprint density at radius 2 is 1.53 bits per heavy atom. The largest absolute Gasteiger partial charge is 0.491 e. The van der Waals surface area contributed by atoms with E-state index in [0.717, 1.165) is 12.2 Å². The van der Waals surface area contributed by atoms with Gasteiger partial charge in [0.15, 0.2) is 0 Å². The highest BCUT2D eigenvalue weighted by Gasteiger charge is 2.27. The van der Waals surface area contributed by atoms with Crippen LogP contribution >= 0.6 is 0 Å². The summed E-state index contributed by atoms with van der Waals surface area (Å²) in [6.07, 6.45) is 1.14. The molecule has 0 aliphatic carbocycles. The molecule has 0 fully saturated rings. The molecule has 0 bridgehead atoms. The maximum atomic E-state index is 5.51. The van der Waals surface area contributed by atoms with E-state index in [-0.39, 0.29) is 5.41 Å². The standard InChI is InChI=1S/C16H27NO2/c1-15(2,3)12-16(4,5)13-6-8-14(9-7-13)18-10-11-19-17/h6-9H,10-12,17H2,1-5H3. The first kappa shape index (κ1) is 16.0. The van der Waals surface area contributed by atoms with Crippen LogP contribution in [-0.2, 0) is 10.3 Å². The van der Waals surface area contributed by atoms with Crippen LogP contribution in [0.3, 0.4) is 0 Å². The Kier molecular flexibility index (Phi) is 5.39. The lowest BCUT2D eigenvalue weighted by molar-refractivity contribution is 0.102. The van der Waals surface area contributed by atoms with Crippen molar-refractivity contribution in [1.82, 2.24) is 0 Å². The van der Waals surface area contributed by atoms with E-state index in [0.29, 0.717) is 18.6 Å². The second kappa shape index (κ2) is 6.40. The van der Waals surface area contributed by atoms with Gasteiger partial charge in [0.25, 0.3) is 0 Å². The smallest absolute Gasteiger partial charge is 0.119 e. The Morgan fingerprint density at radius 3 is 2.00 bits per heavy atom. The summed E-state index contributed by atoms with van der Waals surface area (Å²) in [5.74, 6) is 5.81. The molecule has 0 spiro atoms. The van der Waals surface area contributed by atoms with E-state index >= 15 is 0 Å². The summed E-state index contributed by atoms with van der Waals surface area (Å²) in [5.41, 5.74) is 1.82. The summed E-state index contributed by atoms with van der Waals surface area (Å²) in [7, 11) is 0. The van der Waals surface area contributed by atoms with Crippen molar-refractivity contribution in [1.29, 1.82) is 0 Å². The quantitative estimate of drug-likeness (QED) is 0.630. The van der Waals surface area contributed by atoms with Crippen LogP contribution in [0.25, 0.3) is 0 Å². The third kappa shape index (κ3) is 5.62. The molecule has 0 saturated heterocycles. The monoisotopic (exact) mass is 265 g/mol. The van der Waals surface area contributed by atoms with Crippen molar-refractivity contribution in [3.05, 3.63) is 29.8 Å². The maximum Gasteiger partial charge on any atom is 0.119 e. The van der Waals surface area contributed by atoms with E-state index in [2.05, 4.69) is 51.6 Å². The fourth-order valence-corrected chi connectivity index (χ4v) is 2.64.